The van der Waals surface area contributed by atoms with Gasteiger partial charge in [-0.25, -0.2) is 14.8 Å². The lowest BCUT2D eigenvalue weighted by Gasteiger charge is -2.13. The number of aromatic nitrogens is 2. The monoisotopic (exact) mass is 366 g/mol. The highest BCUT2D eigenvalue weighted by molar-refractivity contribution is 5.88. The molecule has 8 heteroatoms. The summed E-state index contributed by atoms with van der Waals surface area (Å²) >= 11 is 0. The van der Waals surface area contributed by atoms with Gasteiger partial charge < -0.3 is 25.2 Å². The maximum Gasteiger partial charge on any atom is 0.335 e. The van der Waals surface area contributed by atoms with Gasteiger partial charge in [-0.15, -0.1) is 0 Å². The third kappa shape index (κ3) is 4.43. The van der Waals surface area contributed by atoms with Crippen molar-refractivity contribution in [2.75, 3.05) is 24.9 Å². The fourth-order valence-electron chi connectivity index (χ4n) is 2.39. The number of carboxylic acid groups (broad SMARTS) is 1. The van der Waals surface area contributed by atoms with Crippen molar-refractivity contribution in [1.29, 1.82) is 0 Å². The van der Waals surface area contributed by atoms with Crippen molar-refractivity contribution >= 4 is 29.0 Å². The molecule has 27 heavy (non-hydrogen) atoms. The molecule has 138 valence electrons. The first-order chi connectivity index (χ1) is 13.1. The van der Waals surface area contributed by atoms with Crippen molar-refractivity contribution in [2.24, 2.45) is 0 Å². The summed E-state index contributed by atoms with van der Waals surface area (Å²) in [6, 6.07) is 13.5. The molecule has 0 bridgehead atoms. The summed E-state index contributed by atoms with van der Waals surface area (Å²) in [4.78, 5) is 19.3. The Kier molecular flexibility index (Phi) is 5.36. The second kappa shape index (κ2) is 8.05. The van der Waals surface area contributed by atoms with Gasteiger partial charge in [-0.3, -0.25) is 0 Å². The number of anilines is 4. The van der Waals surface area contributed by atoms with E-state index in [1.165, 1.54) is 18.5 Å². The Hall–Kier alpha value is -3.81. The zero-order chi connectivity index (χ0) is 19.2. The van der Waals surface area contributed by atoms with Crippen molar-refractivity contribution in [3.8, 4) is 11.5 Å². The minimum absolute atomic E-state index is 0.218. The van der Waals surface area contributed by atoms with Crippen LogP contribution in [0.4, 0.5) is 23.0 Å². The van der Waals surface area contributed by atoms with Gasteiger partial charge in [-0.1, -0.05) is 0 Å². The first-order valence-electron chi connectivity index (χ1n) is 8.00. The van der Waals surface area contributed by atoms with Crippen LogP contribution in [0.5, 0.6) is 11.5 Å². The molecule has 0 aliphatic rings. The molecule has 0 unspecified atom stereocenters. The molecule has 0 saturated heterocycles. The fraction of sp³-hybridized carbons (Fsp3) is 0.105. The van der Waals surface area contributed by atoms with Gasteiger partial charge in [0.2, 0.25) is 0 Å². The highest BCUT2D eigenvalue weighted by atomic mass is 16.5. The molecule has 2 aromatic carbocycles. The summed E-state index contributed by atoms with van der Waals surface area (Å²) in [5.74, 6) is 1.47. The first-order valence-corrected chi connectivity index (χ1v) is 8.00. The summed E-state index contributed by atoms with van der Waals surface area (Å²) < 4.78 is 10.6. The van der Waals surface area contributed by atoms with Crippen LogP contribution in [0.15, 0.2) is 54.9 Å². The fourth-order valence-corrected chi connectivity index (χ4v) is 2.39. The highest BCUT2D eigenvalue weighted by Gasteiger charge is 2.08. The van der Waals surface area contributed by atoms with Crippen LogP contribution in [-0.4, -0.2) is 35.3 Å². The van der Waals surface area contributed by atoms with Crippen molar-refractivity contribution < 1.29 is 19.4 Å². The molecule has 0 radical (unpaired) electrons. The van der Waals surface area contributed by atoms with E-state index < -0.39 is 5.97 Å². The van der Waals surface area contributed by atoms with E-state index in [0.717, 1.165) is 0 Å². The number of ether oxygens (including phenoxy) is 2. The average Bonchev–Trinajstić information content (AvgIpc) is 2.68. The molecule has 1 heterocycles. The highest BCUT2D eigenvalue weighted by Crippen LogP contribution is 2.31. The van der Waals surface area contributed by atoms with Gasteiger partial charge in [0, 0.05) is 17.8 Å². The summed E-state index contributed by atoms with van der Waals surface area (Å²) in [7, 11) is 3.18. The van der Waals surface area contributed by atoms with Crippen LogP contribution in [0, 0.1) is 0 Å². The van der Waals surface area contributed by atoms with Crippen LogP contribution in [0.3, 0.4) is 0 Å². The molecule has 1 aromatic heterocycles. The van der Waals surface area contributed by atoms with E-state index >= 15 is 0 Å². The zero-order valence-electron chi connectivity index (χ0n) is 14.8. The molecule has 0 fully saturated rings. The predicted molar refractivity (Wildman–Crippen MR) is 102 cm³/mol. The molecule has 0 aliphatic heterocycles. The predicted octanol–water partition coefficient (Wildman–Crippen LogP) is 3.68. The van der Waals surface area contributed by atoms with E-state index in [0.29, 0.717) is 34.5 Å². The smallest absolute Gasteiger partial charge is 0.335 e. The minimum atomic E-state index is -0.970. The Morgan fingerprint density at radius 3 is 2.26 bits per heavy atom. The van der Waals surface area contributed by atoms with Crippen molar-refractivity contribution in [3.05, 3.63) is 60.4 Å². The number of aromatic carboxylic acids is 1. The maximum absolute atomic E-state index is 10.9. The second-order valence-corrected chi connectivity index (χ2v) is 5.49. The molecule has 0 amide bonds. The van der Waals surface area contributed by atoms with E-state index in [1.54, 1.807) is 50.6 Å². The maximum atomic E-state index is 10.9. The Balaban J connectivity index is 1.78. The van der Waals surface area contributed by atoms with E-state index in [4.69, 9.17) is 14.6 Å². The third-order valence-corrected chi connectivity index (χ3v) is 3.74. The number of hydrogen-bond acceptors (Lipinski definition) is 7. The first kappa shape index (κ1) is 18.0. The number of carbonyl (C=O) groups is 1. The summed E-state index contributed by atoms with van der Waals surface area (Å²) in [5.41, 5.74) is 1.63. The van der Waals surface area contributed by atoms with Crippen molar-refractivity contribution in [2.45, 2.75) is 0 Å². The van der Waals surface area contributed by atoms with Gasteiger partial charge >= 0.3 is 5.97 Å². The standard InChI is InChI=1S/C19H18N4O4/c1-26-14-7-8-16(27-2)15(9-14)23-18-10-17(20-11-21-18)22-13-5-3-12(4-6-13)19(24)25/h3-11H,1-2H3,(H,24,25)(H2,20,21,22,23). The molecular formula is C19H18N4O4. The van der Waals surface area contributed by atoms with Crippen LogP contribution < -0.4 is 20.1 Å². The topological polar surface area (TPSA) is 106 Å². The van der Waals surface area contributed by atoms with Gasteiger partial charge in [0.15, 0.2) is 0 Å². The van der Waals surface area contributed by atoms with Gasteiger partial charge in [-0.2, -0.15) is 0 Å². The molecule has 3 N–H and O–H groups in total. The van der Waals surface area contributed by atoms with Gasteiger partial charge in [0.1, 0.15) is 29.5 Å². The number of nitrogens with zero attached hydrogens (tertiary/aromatic N) is 2. The quantitative estimate of drug-likeness (QED) is 0.581. The summed E-state index contributed by atoms with van der Waals surface area (Å²) in [5, 5.41) is 15.2. The molecule has 8 nitrogen and oxygen atoms in total. The van der Waals surface area contributed by atoms with Crippen LogP contribution in [0.25, 0.3) is 0 Å². The van der Waals surface area contributed by atoms with Gasteiger partial charge in [-0.05, 0) is 36.4 Å². The van der Waals surface area contributed by atoms with Crippen molar-refractivity contribution in [1.82, 2.24) is 9.97 Å². The van der Waals surface area contributed by atoms with Crippen LogP contribution in [-0.2, 0) is 0 Å². The molecular weight excluding hydrogens is 348 g/mol. The third-order valence-electron chi connectivity index (χ3n) is 3.74. The van der Waals surface area contributed by atoms with E-state index in [-0.39, 0.29) is 5.56 Å². The molecule has 3 rings (SSSR count). The van der Waals surface area contributed by atoms with Gasteiger partial charge in [0.05, 0.1) is 25.5 Å². The van der Waals surface area contributed by atoms with Gasteiger partial charge in [0.25, 0.3) is 0 Å². The lowest BCUT2D eigenvalue weighted by Crippen LogP contribution is -2.01. The number of nitrogens with one attached hydrogen (secondary N) is 2. The molecule has 0 aliphatic carbocycles. The average molecular weight is 366 g/mol. The Bertz CT molecular complexity index is 945. The van der Waals surface area contributed by atoms with Crippen molar-refractivity contribution in [3.63, 3.8) is 0 Å². The number of hydrogen-bond donors (Lipinski definition) is 3. The van der Waals surface area contributed by atoms with E-state index in [2.05, 4.69) is 20.6 Å². The number of rotatable bonds is 7. The Labute approximate surface area is 155 Å². The largest absolute Gasteiger partial charge is 0.497 e. The molecule has 0 saturated carbocycles. The van der Waals surface area contributed by atoms with Crippen LogP contribution in [0.2, 0.25) is 0 Å². The lowest BCUT2D eigenvalue weighted by atomic mass is 10.2. The Morgan fingerprint density at radius 2 is 1.63 bits per heavy atom. The summed E-state index contributed by atoms with van der Waals surface area (Å²) in [6.45, 7) is 0. The minimum Gasteiger partial charge on any atom is -0.497 e. The Morgan fingerprint density at radius 1 is 0.926 bits per heavy atom. The van der Waals surface area contributed by atoms with Crippen LogP contribution >= 0.6 is 0 Å². The second-order valence-electron chi connectivity index (χ2n) is 5.49. The van der Waals surface area contributed by atoms with E-state index in [1.807, 2.05) is 0 Å². The number of benzene rings is 2. The SMILES string of the molecule is COc1ccc(OC)c(Nc2cc(Nc3ccc(C(=O)O)cc3)ncn2)c1. The normalized spacial score (nSPS) is 10.1. The molecule has 3 aromatic rings. The zero-order valence-corrected chi connectivity index (χ0v) is 14.8. The summed E-state index contributed by atoms with van der Waals surface area (Å²) in [6.07, 6.45) is 1.42. The molecule has 0 spiro atoms. The lowest BCUT2D eigenvalue weighted by molar-refractivity contribution is 0.0697. The number of methoxy groups -OCH3 is 2. The van der Waals surface area contributed by atoms with E-state index in [9.17, 15) is 4.79 Å². The number of carboxylic acids is 1. The van der Waals surface area contributed by atoms with Crippen LogP contribution in [0.1, 0.15) is 10.4 Å². The molecule has 0 atom stereocenters.